The summed E-state index contributed by atoms with van der Waals surface area (Å²) in [4.78, 5) is 29.9. The van der Waals surface area contributed by atoms with Crippen molar-refractivity contribution < 1.29 is 9.59 Å². The molecule has 3 N–H and O–H groups in total. The van der Waals surface area contributed by atoms with E-state index < -0.39 is 0 Å². The lowest BCUT2D eigenvalue weighted by atomic mass is 9.85. The minimum Gasteiger partial charge on any atom is -0.359 e. The zero-order valence-corrected chi connectivity index (χ0v) is 15.6. The molecule has 7 heteroatoms. The molecule has 0 aromatic heterocycles. The second-order valence-corrected chi connectivity index (χ2v) is 7.05. The second-order valence-electron chi connectivity index (χ2n) is 7.05. The van der Waals surface area contributed by atoms with Crippen LogP contribution in [0, 0.1) is 11.8 Å². The van der Waals surface area contributed by atoms with Crippen molar-refractivity contribution in [3.8, 4) is 0 Å². The van der Waals surface area contributed by atoms with Gasteiger partial charge in [-0.1, -0.05) is 6.42 Å². The Hall–Kier alpha value is -1.79. The molecule has 1 aliphatic heterocycles. The second kappa shape index (κ2) is 10.3. The number of hydrogen-bond acceptors (Lipinski definition) is 3. The highest BCUT2D eigenvalue weighted by molar-refractivity contribution is 5.80. The van der Waals surface area contributed by atoms with Gasteiger partial charge in [0, 0.05) is 52.6 Å². The van der Waals surface area contributed by atoms with Gasteiger partial charge in [-0.25, -0.2) is 0 Å². The van der Waals surface area contributed by atoms with Crippen LogP contribution in [0.5, 0.6) is 0 Å². The summed E-state index contributed by atoms with van der Waals surface area (Å²) >= 11 is 0. The average molecular weight is 351 g/mol. The molecule has 1 saturated heterocycles. The van der Waals surface area contributed by atoms with Crippen molar-refractivity contribution in [2.24, 2.45) is 16.8 Å². The maximum atomic E-state index is 11.8. The minimum absolute atomic E-state index is 0.130. The molecule has 0 atom stereocenters. The van der Waals surface area contributed by atoms with Gasteiger partial charge in [0.25, 0.3) is 0 Å². The van der Waals surface area contributed by atoms with E-state index in [1.165, 1.54) is 6.42 Å². The van der Waals surface area contributed by atoms with Crippen LogP contribution in [0.2, 0.25) is 0 Å². The molecule has 0 unspecified atom stereocenters. The van der Waals surface area contributed by atoms with Gasteiger partial charge in [0.15, 0.2) is 5.96 Å². The molecule has 0 spiro atoms. The summed E-state index contributed by atoms with van der Waals surface area (Å²) in [6.07, 6.45) is 6.84. The van der Waals surface area contributed by atoms with Gasteiger partial charge >= 0.3 is 0 Å². The number of carbonyl (C=O) groups excluding carboxylic acids is 2. The summed E-state index contributed by atoms with van der Waals surface area (Å²) in [5.74, 6) is 2.00. The van der Waals surface area contributed by atoms with E-state index >= 15 is 0 Å². The van der Waals surface area contributed by atoms with E-state index in [-0.39, 0.29) is 17.7 Å². The lowest BCUT2D eigenvalue weighted by Crippen LogP contribution is -2.46. The van der Waals surface area contributed by atoms with Crippen LogP contribution < -0.4 is 16.0 Å². The quantitative estimate of drug-likeness (QED) is 0.358. The molecule has 2 fully saturated rings. The van der Waals surface area contributed by atoms with Crippen LogP contribution in [-0.2, 0) is 9.59 Å². The third-order valence-corrected chi connectivity index (χ3v) is 5.29. The van der Waals surface area contributed by atoms with E-state index in [0.29, 0.717) is 18.9 Å². The number of piperidine rings is 1. The fourth-order valence-electron chi connectivity index (χ4n) is 3.36. The number of hydrogen-bond donors (Lipinski definition) is 3. The highest BCUT2D eigenvalue weighted by Gasteiger charge is 2.25. The van der Waals surface area contributed by atoms with Crippen molar-refractivity contribution in [3.63, 3.8) is 0 Å². The van der Waals surface area contributed by atoms with E-state index in [0.717, 1.165) is 57.7 Å². The largest absolute Gasteiger partial charge is 0.359 e. The molecule has 2 rings (SSSR count). The molecule has 142 valence electrons. The van der Waals surface area contributed by atoms with E-state index in [9.17, 15) is 9.59 Å². The number of amides is 2. The summed E-state index contributed by atoms with van der Waals surface area (Å²) in [5, 5.41) is 9.10. The first-order chi connectivity index (χ1) is 12.1. The van der Waals surface area contributed by atoms with Crippen molar-refractivity contribution in [1.29, 1.82) is 0 Å². The number of aliphatic imine (C=N–C) groups is 1. The van der Waals surface area contributed by atoms with Crippen molar-refractivity contribution >= 4 is 17.8 Å². The number of likely N-dealkylation sites (tertiary alicyclic amines) is 1. The third-order valence-electron chi connectivity index (χ3n) is 5.29. The SMILES string of the molecule is CN=C(NCCCNC(=O)C1CCC1)N1CCC(CC(=O)NC)CC1. The van der Waals surface area contributed by atoms with Crippen LogP contribution in [0.4, 0.5) is 0 Å². The number of nitrogens with zero attached hydrogens (tertiary/aromatic N) is 2. The first-order valence-electron chi connectivity index (χ1n) is 9.58. The molecule has 0 aromatic rings. The summed E-state index contributed by atoms with van der Waals surface area (Å²) in [7, 11) is 3.50. The van der Waals surface area contributed by atoms with E-state index in [4.69, 9.17) is 0 Å². The van der Waals surface area contributed by atoms with Crippen LogP contribution in [0.3, 0.4) is 0 Å². The van der Waals surface area contributed by atoms with Gasteiger partial charge in [0.2, 0.25) is 11.8 Å². The fraction of sp³-hybridized carbons (Fsp3) is 0.833. The van der Waals surface area contributed by atoms with Crippen molar-refractivity contribution in [2.45, 2.75) is 44.9 Å². The lowest BCUT2D eigenvalue weighted by Gasteiger charge is -2.34. The van der Waals surface area contributed by atoms with Gasteiger partial charge in [-0.15, -0.1) is 0 Å². The number of nitrogens with one attached hydrogen (secondary N) is 3. The third kappa shape index (κ3) is 6.21. The Bertz CT molecular complexity index is 468. The van der Waals surface area contributed by atoms with E-state index in [2.05, 4.69) is 25.8 Å². The molecule has 0 radical (unpaired) electrons. The molecule has 25 heavy (non-hydrogen) atoms. The van der Waals surface area contributed by atoms with Gasteiger partial charge in [-0.05, 0) is 38.0 Å². The molecule has 2 aliphatic rings. The smallest absolute Gasteiger partial charge is 0.223 e. The van der Waals surface area contributed by atoms with Crippen LogP contribution in [0.1, 0.15) is 44.9 Å². The summed E-state index contributed by atoms with van der Waals surface area (Å²) in [6, 6.07) is 0. The Balaban J connectivity index is 1.59. The molecule has 0 bridgehead atoms. The van der Waals surface area contributed by atoms with Crippen molar-refractivity contribution in [3.05, 3.63) is 0 Å². The van der Waals surface area contributed by atoms with Crippen LogP contribution >= 0.6 is 0 Å². The fourth-order valence-corrected chi connectivity index (χ4v) is 3.36. The monoisotopic (exact) mass is 351 g/mol. The maximum absolute atomic E-state index is 11.8. The summed E-state index contributed by atoms with van der Waals surface area (Å²) in [6.45, 7) is 3.38. The molecule has 0 aromatic carbocycles. The van der Waals surface area contributed by atoms with E-state index in [1.54, 1.807) is 14.1 Å². The lowest BCUT2D eigenvalue weighted by molar-refractivity contribution is -0.127. The highest BCUT2D eigenvalue weighted by Crippen LogP contribution is 2.26. The molecule has 1 heterocycles. The van der Waals surface area contributed by atoms with Gasteiger partial charge in [-0.2, -0.15) is 0 Å². The topological polar surface area (TPSA) is 85.8 Å². The molecule has 7 nitrogen and oxygen atoms in total. The van der Waals surface area contributed by atoms with Crippen molar-refractivity contribution in [1.82, 2.24) is 20.9 Å². The van der Waals surface area contributed by atoms with Crippen LogP contribution in [0.15, 0.2) is 4.99 Å². The van der Waals surface area contributed by atoms with Gasteiger partial charge in [0.05, 0.1) is 0 Å². The normalized spacial score (nSPS) is 19.3. The standard InChI is InChI=1S/C18H33N5O2/c1-19-16(24)13-14-7-11-23(12-8-14)18(20-2)22-10-4-9-21-17(25)15-5-3-6-15/h14-15H,3-13H2,1-2H3,(H,19,24)(H,20,22)(H,21,25). The zero-order chi connectivity index (χ0) is 18.1. The predicted octanol–water partition coefficient (Wildman–Crippen LogP) is 0.716. The van der Waals surface area contributed by atoms with E-state index in [1.807, 2.05) is 0 Å². The summed E-state index contributed by atoms with van der Waals surface area (Å²) < 4.78 is 0. The average Bonchev–Trinajstić information content (AvgIpc) is 2.57. The first kappa shape index (κ1) is 19.5. The Kier molecular flexibility index (Phi) is 8.01. The number of carbonyl (C=O) groups is 2. The Morgan fingerprint density at radius 2 is 1.76 bits per heavy atom. The van der Waals surface area contributed by atoms with Crippen molar-refractivity contribution in [2.75, 3.05) is 40.3 Å². The maximum Gasteiger partial charge on any atom is 0.223 e. The highest BCUT2D eigenvalue weighted by atomic mass is 16.2. The number of rotatable bonds is 7. The first-order valence-corrected chi connectivity index (χ1v) is 9.58. The molecule has 1 saturated carbocycles. The molecule has 1 aliphatic carbocycles. The van der Waals surface area contributed by atoms with Crippen LogP contribution in [0.25, 0.3) is 0 Å². The zero-order valence-electron chi connectivity index (χ0n) is 15.6. The predicted molar refractivity (Wildman–Crippen MR) is 99.3 cm³/mol. The van der Waals surface area contributed by atoms with Gasteiger partial charge in [-0.3, -0.25) is 14.6 Å². The van der Waals surface area contributed by atoms with Gasteiger partial charge < -0.3 is 20.9 Å². The Labute approximate surface area is 151 Å². The summed E-state index contributed by atoms with van der Waals surface area (Å²) in [5.41, 5.74) is 0. The number of guanidine groups is 1. The molecule has 2 amide bonds. The molecular weight excluding hydrogens is 318 g/mol. The Morgan fingerprint density at radius 1 is 1.08 bits per heavy atom. The molecular formula is C18H33N5O2. The van der Waals surface area contributed by atoms with Gasteiger partial charge in [0.1, 0.15) is 0 Å². The Morgan fingerprint density at radius 3 is 2.32 bits per heavy atom. The minimum atomic E-state index is 0.130. The van der Waals surface area contributed by atoms with Crippen LogP contribution in [-0.4, -0.2) is 62.9 Å².